The van der Waals surface area contributed by atoms with Crippen LogP contribution in [0.2, 0.25) is 0 Å². The molecule has 0 unspecified atom stereocenters. The van der Waals surface area contributed by atoms with Gasteiger partial charge in [0.05, 0.1) is 0 Å². The van der Waals surface area contributed by atoms with Crippen LogP contribution >= 0.6 is 0 Å². The standard InChI is InChI=1S/C14H20O4.C13H18O4.C12H16O4.2C2H6/c1-2-3-4-5-6-7-10-8-11(15)9-12(16)13(10)14(17)18;1-2-3-4-5-6-9-7-10(14)8-11(15)12(9)13(16)17;1-2-3-4-5-8-6-9(13)7-10(14)11(8)12(15)16;2*1-2/h8-9,15-16H,2-7H2,1H3,(H,17,18);7-8,14-15H,2-6H2,1H3,(H,16,17);6-7,13-14H,2-5H2,1H3,(H,15,16);2*1-2H3. The summed E-state index contributed by atoms with van der Waals surface area (Å²) in [5.74, 6) is -4.89. The van der Waals surface area contributed by atoms with Gasteiger partial charge in [0.1, 0.15) is 51.2 Å². The molecule has 0 heterocycles. The van der Waals surface area contributed by atoms with E-state index in [4.69, 9.17) is 15.3 Å². The third kappa shape index (κ3) is 20.2. The van der Waals surface area contributed by atoms with Gasteiger partial charge in [0, 0.05) is 18.2 Å². The van der Waals surface area contributed by atoms with Crippen LogP contribution in [-0.4, -0.2) is 63.9 Å². The molecule has 0 aliphatic heterocycles. The molecule has 0 aliphatic carbocycles. The van der Waals surface area contributed by atoms with Gasteiger partial charge in [0.15, 0.2) is 0 Å². The van der Waals surface area contributed by atoms with Gasteiger partial charge in [0.25, 0.3) is 0 Å². The number of benzene rings is 3. The normalized spacial score (nSPS) is 9.87. The summed E-state index contributed by atoms with van der Waals surface area (Å²) in [6.07, 6.45) is 14.0. The molecular weight excluding hydrogens is 708 g/mol. The van der Waals surface area contributed by atoms with Crippen molar-refractivity contribution >= 4 is 17.9 Å². The van der Waals surface area contributed by atoms with E-state index in [1.165, 1.54) is 24.6 Å². The number of carbonyl (C=O) groups is 3. The minimum Gasteiger partial charge on any atom is -0.508 e. The van der Waals surface area contributed by atoms with Crippen LogP contribution in [0.4, 0.5) is 0 Å². The van der Waals surface area contributed by atoms with Crippen LogP contribution in [0.3, 0.4) is 0 Å². The summed E-state index contributed by atoms with van der Waals surface area (Å²) < 4.78 is 0. The number of phenols is 6. The number of phenolic OH excluding ortho intramolecular Hbond substituents is 3. The topological polar surface area (TPSA) is 233 Å². The van der Waals surface area contributed by atoms with Crippen molar-refractivity contribution < 1.29 is 60.3 Å². The van der Waals surface area contributed by atoms with E-state index < -0.39 is 17.9 Å². The summed E-state index contributed by atoms with van der Waals surface area (Å²) in [6, 6.07) is 7.40. The molecule has 0 saturated carbocycles. The lowest BCUT2D eigenvalue weighted by atomic mass is 9.99. The Labute approximate surface area is 326 Å². The molecule has 55 heavy (non-hydrogen) atoms. The second-order valence-corrected chi connectivity index (χ2v) is 12.3. The molecule has 0 radical (unpaired) electrons. The minimum atomic E-state index is -1.16. The van der Waals surface area contributed by atoms with E-state index in [9.17, 15) is 45.0 Å². The highest BCUT2D eigenvalue weighted by Gasteiger charge is 2.18. The summed E-state index contributed by atoms with van der Waals surface area (Å²) in [5.41, 5.74) is 1.18. The average molecular weight is 775 g/mol. The molecule has 0 spiro atoms. The molecule has 0 fully saturated rings. The Kier molecular flexibility index (Phi) is 28.6. The summed E-state index contributed by atoms with van der Waals surface area (Å²) in [7, 11) is 0. The number of carboxylic acids is 3. The van der Waals surface area contributed by atoms with E-state index in [1.54, 1.807) is 0 Å². The highest BCUT2D eigenvalue weighted by Crippen LogP contribution is 2.30. The van der Waals surface area contributed by atoms with E-state index in [1.807, 2.05) is 27.7 Å². The molecule has 310 valence electrons. The van der Waals surface area contributed by atoms with Crippen molar-refractivity contribution in [1.82, 2.24) is 0 Å². The minimum absolute atomic E-state index is 0.0942. The van der Waals surface area contributed by atoms with Crippen molar-refractivity contribution in [2.45, 2.75) is 145 Å². The van der Waals surface area contributed by atoms with Gasteiger partial charge < -0.3 is 46.0 Å². The first-order valence-corrected chi connectivity index (χ1v) is 19.5. The van der Waals surface area contributed by atoms with Crippen LogP contribution in [0.25, 0.3) is 0 Å². The van der Waals surface area contributed by atoms with Crippen molar-refractivity contribution in [3.63, 3.8) is 0 Å². The quantitative estimate of drug-likeness (QED) is 0.0549. The molecule has 3 aromatic carbocycles. The Morgan fingerprint density at radius 3 is 0.855 bits per heavy atom. The molecule has 0 atom stereocenters. The predicted molar refractivity (Wildman–Crippen MR) is 216 cm³/mol. The number of rotatable bonds is 18. The third-order valence-corrected chi connectivity index (χ3v) is 8.09. The first-order chi connectivity index (χ1) is 26.2. The number of carboxylic acid groups (broad SMARTS) is 3. The fraction of sp³-hybridized carbons (Fsp3) is 0.512. The fourth-order valence-electron chi connectivity index (χ4n) is 5.57. The zero-order valence-corrected chi connectivity index (χ0v) is 33.8. The smallest absolute Gasteiger partial charge is 0.339 e. The van der Waals surface area contributed by atoms with Gasteiger partial charge in [0.2, 0.25) is 0 Å². The van der Waals surface area contributed by atoms with Gasteiger partial charge in [-0.25, -0.2) is 14.4 Å². The van der Waals surface area contributed by atoms with Crippen LogP contribution in [0.5, 0.6) is 34.5 Å². The number of aromatic carboxylic acids is 3. The lowest BCUT2D eigenvalue weighted by molar-refractivity contribution is 0.0680. The molecule has 3 aromatic rings. The lowest BCUT2D eigenvalue weighted by Gasteiger charge is -2.09. The Morgan fingerprint density at radius 2 is 0.600 bits per heavy atom. The maximum absolute atomic E-state index is 11.0. The predicted octanol–water partition coefficient (Wildman–Crippen LogP) is 10.8. The van der Waals surface area contributed by atoms with Crippen LogP contribution in [0.15, 0.2) is 36.4 Å². The molecule has 0 amide bonds. The molecule has 9 N–H and O–H groups in total. The first-order valence-electron chi connectivity index (χ1n) is 19.5. The Hall–Kier alpha value is -5.13. The lowest BCUT2D eigenvalue weighted by Crippen LogP contribution is -2.03. The van der Waals surface area contributed by atoms with E-state index in [-0.39, 0.29) is 51.2 Å². The average Bonchev–Trinajstić information content (AvgIpc) is 3.11. The van der Waals surface area contributed by atoms with E-state index in [2.05, 4.69) is 20.8 Å². The number of unbranched alkanes of at least 4 members (excludes halogenated alkanes) is 9. The zero-order valence-electron chi connectivity index (χ0n) is 33.8. The molecule has 0 bridgehead atoms. The zero-order chi connectivity index (χ0) is 42.5. The summed E-state index contributed by atoms with van der Waals surface area (Å²) >= 11 is 0. The monoisotopic (exact) mass is 774 g/mol. The van der Waals surface area contributed by atoms with Gasteiger partial charge in [-0.3, -0.25) is 0 Å². The number of aryl methyl sites for hydroxylation is 3. The van der Waals surface area contributed by atoms with Gasteiger partial charge in [-0.05, 0) is 73.4 Å². The largest absolute Gasteiger partial charge is 0.508 e. The second kappa shape index (κ2) is 30.2. The third-order valence-electron chi connectivity index (χ3n) is 8.09. The first kappa shape index (κ1) is 52.0. The molecular formula is C43H66O12. The van der Waals surface area contributed by atoms with E-state index in [0.717, 1.165) is 88.8 Å². The number of hydrogen-bond donors (Lipinski definition) is 9. The maximum Gasteiger partial charge on any atom is 0.339 e. The van der Waals surface area contributed by atoms with E-state index in [0.29, 0.717) is 36.0 Å². The molecule has 0 saturated heterocycles. The van der Waals surface area contributed by atoms with Crippen LogP contribution < -0.4 is 0 Å². The van der Waals surface area contributed by atoms with Crippen molar-refractivity contribution in [3.05, 3.63) is 69.8 Å². The van der Waals surface area contributed by atoms with Crippen LogP contribution in [0.1, 0.15) is 173 Å². The molecule has 12 nitrogen and oxygen atoms in total. The molecule has 12 heteroatoms. The number of hydrogen-bond acceptors (Lipinski definition) is 9. The van der Waals surface area contributed by atoms with Gasteiger partial charge in [-0.15, -0.1) is 0 Å². The fourth-order valence-corrected chi connectivity index (χ4v) is 5.57. The van der Waals surface area contributed by atoms with Gasteiger partial charge in [-0.1, -0.05) is 106 Å². The number of aromatic hydroxyl groups is 6. The summed E-state index contributed by atoms with van der Waals surface area (Å²) in [5, 5.41) is 83.5. The Morgan fingerprint density at radius 1 is 0.382 bits per heavy atom. The van der Waals surface area contributed by atoms with Crippen molar-refractivity contribution in [1.29, 1.82) is 0 Å². The van der Waals surface area contributed by atoms with E-state index >= 15 is 0 Å². The van der Waals surface area contributed by atoms with Gasteiger partial charge in [-0.2, -0.15) is 0 Å². The van der Waals surface area contributed by atoms with Crippen molar-refractivity contribution in [2.75, 3.05) is 0 Å². The Balaban J connectivity index is 0. The second-order valence-electron chi connectivity index (χ2n) is 12.3. The summed E-state index contributed by atoms with van der Waals surface area (Å²) in [6.45, 7) is 14.3. The van der Waals surface area contributed by atoms with Gasteiger partial charge >= 0.3 is 17.9 Å². The van der Waals surface area contributed by atoms with Crippen molar-refractivity contribution in [2.24, 2.45) is 0 Å². The Bertz CT molecular complexity index is 1570. The highest BCUT2D eigenvalue weighted by molar-refractivity contribution is 5.94. The SMILES string of the molecule is CC.CC.CCCCCCCc1cc(O)cc(O)c1C(=O)O.CCCCCCc1cc(O)cc(O)c1C(=O)O.CCCCCc1cc(O)cc(O)c1C(=O)O. The maximum atomic E-state index is 11.0. The summed E-state index contributed by atoms with van der Waals surface area (Å²) in [4.78, 5) is 33.0. The molecule has 3 rings (SSSR count). The molecule has 0 aliphatic rings. The molecule has 0 aromatic heterocycles. The van der Waals surface area contributed by atoms with Crippen LogP contribution in [-0.2, 0) is 19.3 Å². The highest BCUT2D eigenvalue weighted by atomic mass is 16.4. The van der Waals surface area contributed by atoms with Crippen molar-refractivity contribution in [3.8, 4) is 34.5 Å². The van der Waals surface area contributed by atoms with Crippen LogP contribution in [0, 0.1) is 0 Å².